The summed E-state index contributed by atoms with van der Waals surface area (Å²) < 4.78 is 2.30. The predicted molar refractivity (Wildman–Crippen MR) is 120 cm³/mol. The van der Waals surface area contributed by atoms with E-state index in [4.69, 9.17) is 0 Å². The third-order valence-electron chi connectivity index (χ3n) is 6.77. The molecule has 28 heavy (non-hydrogen) atoms. The SMILES string of the molecule is Cc1cc(C2CCCC2)cc(-c2c3ccc(C(C)(C)C)cc3cc[n+]2C)c1C. The van der Waals surface area contributed by atoms with Crippen LogP contribution in [0, 0.1) is 13.8 Å². The zero-order valence-electron chi connectivity index (χ0n) is 18.4. The largest absolute Gasteiger partial charge is 0.220 e. The quantitative estimate of drug-likeness (QED) is 0.431. The molecule has 146 valence electrons. The molecule has 1 aliphatic carbocycles. The molecule has 0 atom stereocenters. The fourth-order valence-electron chi connectivity index (χ4n) is 4.80. The first-order chi connectivity index (χ1) is 13.3. The molecule has 1 aromatic heterocycles. The Morgan fingerprint density at radius 1 is 0.929 bits per heavy atom. The molecule has 0 aliphatic heterocycles. The van der Waals surface area contributed by atoms with Gasteiger partial charge in [0.05, 0.1) is 10.9 Å². The van der Waals surface area contributed by atoms with E-state index in [-0.39, 0.29) is 5.41 Å². The molecular weight excluding hydrogens is 338 g/mol. The lowest BCUT2D eigenvalue weighted by molar-refractivity contribution is -0.659. The van der Waals surface area contributed by atoms with Crippen molar-refractivity contribution in [3.63, 3.8) is 0 Å². The predicted octanol–water partition coefficient (Wildman–Crippen LogP) is 6.90. The van der Waals surface area contributed by atoms with Gasteiger partial charge < -0.3 is 0 Å². The van der Waals surface area contributed by atoms with Crippen LogP contribution in [0.15, 0.2) is 42.6 Å². The van der Waals surface area contributed by atoms with Gasteiger partial charge in [-0.2, -0.15) is 0 Å². The molecule has 2 aromatic carbocycles. The van der Waals surface area contributed by atoms with Crippen molar-refractivity contribution >= 4 is 10.8 Å². The molecule has 1 heteroatoms. The number of pyridine rings is 1. The topological polar surface area (TPSA) is 3.88 Å². The Balaban J connectivity index is 1.94. The van der Waals surface area contributed by atoms with Crippen LogP contribution in [0.5, 0.6) is 0 Å². The second kappa shape index (κ2) is 7.03. The molecule has 4 rings (SSSR count). The van der Waals surface area contributed by atoms with Gasteiger partial charge in [0.2, 0.25) is 5.69 Å². The number of aromatic nitrogens is 1. The first-order valence-electron chi connectivity index (χ1n) is 10.8. The molecule has 3 aromatic rings. The smallest absolute Gasteiger partial charge is 0.200 e. The zero-order chi connectivity index (χ0) is 20.1. The third-order valence-corrected chi connectivity index (χ3v) is 6.77. The van der Waals surface area contributed by atoms with Gasteiger partial charge in [-0.05, 0) is 77.8 Å². The van der Waals surface area contributed by atoms with Gasteiger partial charge in [-0.15, -0.1) is 0 Å². The Bertz CT molecular complexity index is 1030. The van der Waals surface area contributed by atoms with Crippen LogP contribution < -0.4 is 4.57 Å². The van der Waals surface area contributed by atoms with Gasteiger partial charge >= 0.3 is 0 Å². The number of fused-ring (bicyclic) bond motifs is 1. The number of rotatable bonds is 2. The van der Waals surface area contributed by atoms with Crippen LogP contribution in [0.3, 0.4) is 0 Å². The van der Waals surface area contributed by atoms with Crippen molar-refractivity contribution in [1.82, 2.24) is 0 Å². The molecule has 0 bridgehead atoms. The fourth-order valence-corrected chi connectivity index (χ4v) is 4.80. The molecule has 0 spiro atoms. The molecule has 1 nitrogen and oxygen atoms in total. The van der Waals surface area contributed by atoms with Crippen LogP contribution in [-0.2, 0) is 12.5 Å². The second-order valence-electron chi connectivity index (χ2n) is 9.82. The molecule has 0 N–H and O–H groups in total. The Kier molecular flexibility index (Phi) is 4.81. The van der Waals surface area contributed by atoms with Crippen molar-refractivity contribution in [2.24, 2.45) is 7.05 Å². The van der Waals surface area contributed by atoms with Gasteiger partial charge in [-0.25, -0.2) is 4.57 Å². The number of hydrogen-bond donors (Lipinski definition) is 0. The lowest BCUT2D eigenvalue weighted by Crippen LogP contribution is -2.31. The summed E-state index contributed by atoms with van der Waals surface area (Å²) in [5, 5.41) is 2.69. The Morgan fingerprint density at radius 2 is 1.64 bits per heavy atom. The van der Waals surface area contributed by atoms with Gasteiger partial charge in [-0.3, -0.25) is 0 Å². The van der Waals surface area contributed by atoms with E-state index >= 15 is 0 Å². The minimum Gasteiger partial charge on any atom is -0.200 e. The minimum atomic E-state index is 0.168. The van der Waals surface area contributed by atoms with E-state index in [0.29, 0.717) is 0 Å². The number of nitrogens with zero attached hydrogens (tertiary/aromatic N) is 1. The molecule has 1 aliphatic rings. The molecule has 1 heterocycles. The van der Waals surface area contributed by atoms with E-state index < -0.39 is 0 Å². The minimum absolute atomic E-state index is 0.168. The van der Waals surface area contributed by atoms with Crippen LogP contribution in [0.4, 0.5) is 0 Å². The monoisotopic (exact) mass is 372 g/mol. The van der Waals surface area contributed by atoms with E-state index in [9.17, 15) is 0 Å². The van der Waals surface area contributed by atoms with Gasteiger partial charge in [0.15, 0.2) is 6.20 Å². The summed E-state index contributed by atoms with van der Waals surface area (Å²) in [6.07, 6.45) is 7.67. The summed E-state index contributed by atoms with van der Waals surface area (Å²) in [5.74, 6) is 0.742. The molecular formula is C27H34N+. The highest BCUT2D eigenvalue weighted by molar-refractivity contribution is 5.94. The maximum atomic E-state index is 2.49. The van der Waals surface area contributed by atoms with Crippen molar-refractivity contribution < 1.29 is 4.57 Å². The average Bonchev–Trinajstić information content (AvgIpc) is 3.18. The maximum Gasteiger partial charge on any atom is 0.220 e. The Labute approximate surface area is 170 Å². The van der Waals surface area contributed by atoms with E-state index in [2.05, 4.69) is 88.8 Å². The molecule has 0 unspecified atom stereocenters. The van der Waals surface area contributed by atoms with Crippen molar-refractivity contribution in [3.05, 3.63) is 64.8 Å². The van der Waals surface area contributed by atoms with E-state index in [1.165, 1.54) is 64.4 Å². The number of hydrogen-bond acceptors (Lipinski definition) is 0. The van der Waals surface area contributed by atoms with Crippen molar-refractivity contribution in [1.29, 1.82) is 0 Å². The van der Waals surface area contributed by atoms with Gasteiger partial charge in [0.1, 0.15) is 7.05 Å². The summed E-state index contributed by atoms with van der Waals surface area (Å²) >= 11 is 0. The van der Waals surface area contributed by atoms with E-state index in [1.54, 1.807) is 5.56 Å². The van der Waals surface area contributed by atoms with Gasteiger partial charge in [0, 0.05) is 6.07 Å². The zero-order valence-corrected chi connectivity index (χ0v) is 18.4. The summed E-state index contributed by atoms with van der Waals surface area (Å²) in [7, 11) is 2.18. The molecule has 0 amide bonds. The van der Waals surface area contributed by atoms with Gasteiger partial charge in [-0.1, -0.05) is 51.8 Å². The normalized spacial score (nSPS) is 15.5. The summed E-state index contributed by atoms with van der Waals surface area (Å²) in [5.41, 5.74) is 8.68. The number of aryl methyl sites for hydroxylation is 2. The first kappa shape index (κ1) is 19.2. The van der Waals surface area contributed by atoms with Gasteiger partial charge in [0.25, 0.3) is 0 Å². The van der Waals surface area contributed by atoms with Crippen molar-refractivity contribution in [2.45, 2.75) is 71.6 Å². The van der Waals surface area contributed by atoms with Crippen LogP contribution in [0.2, 0.25) is 0 Å². The van der Waals surface area contributed by atoms with Crippen LogP contribution in [-0.4, -0.2) is 0 Å². The molecule has 0 saturated heterocycles. The van der Waals surface area contributed by atoms with Crippen LogP contribution >= 0.6 is 0 Å². The molecule has 0 radical (unpaired) electrons. The van der Waals surface area contributed by atoms with Crippen molar-refractivity contribution in [2.75, 3.05) is 0 Å². The van der Waals surface area contributed by atoms with Crippen LogP contribution in [0.25, 0.3) is 22.0 Å². The number of benzene rings is 2. The third kappa shape index (κ3) is 3.36. The average molecular weight is 373 g/mol. The van der Waals surface area contributed by atoms with Crippen molar-refractivity contribution in [3.8, 4) is 11.3 Å². The highest BCUT2D eigenvalue weighted by Gasteiger charge is 2.24. The lowest BCUT2D eigenvalue weighted by Gasteiger charge is -2.20. The Morgan fingerprint density at radius 3 is 2.32 bits per heavy atom. The fraction of sp³-hybridized carbons (Fsp3) is 0.444. The first-order valence-corrected chi connectivity index (χ1v) is 10.8. The van der Waals surface area contributed by atoms with E-state index in [1.807, 2.05) is 0 Å². The second-order valence-corrected chi connectivity index (χ2v) is 9.82. The summed E-state index contributed by atoms with van der Waals surface area (Å²) in [6, 6.07) is 14.2. The highest BCUT2D eigenvalue weighted by Crippen LogP contribution is 2.39. The summed E-state index contributed by atoms with van der Waals surface area (Å²) in [4.78, 5) is 0. The highest BCUT2D eigenvalue weighted by atomic mass is 14.9. The van der Waals surface area contributed by atoms with Crippen LogP contribution in [0.1, 0.15) is 74.6 Å². The maximum absolute atomic E-state index is 2.49. The molecule has 1 fully saturated rings. The summed E-state index contributed by atoms with van der Waals surface area (Å²) in [6.45, 7) is 11.4. The standard InChI is InChI=1S/C27H34N/c1-18-15-22(20-9-7-8-10-20)17-25(19(18)2)26-24-12-11-23(27(3,4)5)16-21(24)13-14-28(26)6/h11-17,20H,7-10H2,1-6H3/q+1. The lowest BCUT2D eigenvalue weighted by atomic mass is 9.85. The Hall–Kier alpha value is -2.15. The molecule has 1 saturated carbocycles. The van der Waals surface area contributed by atoms with E-state index in [0.717, 1.165) is 5.92 Å².